The Morgan fingerprint density at radius 3 is 1.90 bits per heavy atom. The number of rotatable bonds is 3. The second kappa shape index (κ2) is 4.48. The Morgan fingerprint density at radius 1 is 0.900 bits per heavy atom. The Balaban J connectivity index is 1.44. The molecule has 114 valence electrons. The Hall–Kier alpha value is -0.0400. The van der Waals surface area contributed by atoms with Crippen LogP contribution in [0.3, 0.4) is 0 Å². The van der Waals surface area contributed by atoms with E-state index in [-0.39, 0.29) is 0 Å². The minimum atomic E-state index is 0.582. The molecule has 5 aliphatic carbocycles. The van der Waals surface area contributed by atoms with E-state index in [4.69, 9.17) is 0 Å². The first kappa shape index (κ1) is 13.6. The zero-order valence-corrected chi connectivity index (χ0v) is 13.8. The Morgan fingerprint density at radius 2 is 1.45 bits per heavy atom. The van der Waals surface area contributed by atoms with Gasteiger partial charge in [-0.2, -0.15) is 0 Å². The van der Waals surface area contributed by atoms with Crippen molar-refractivity contribution in [2.45, 2.75) is 90.6 Å². The maximum atomic E-state index is 4.09. The van der Waals surface area contributed by atoms with E-state index in [2.05, 4.69) is 26.1 Å². The summed E-state index contributed by atoms with van der Waals surface area (Å²) in [5.41, 5.74) is 1.26. The van der Waals surface area contributed by atoms with Gasteiger partial charge in [0.25, 0.3) is 0 Å². The molecule has 5 aliphatic rings. The summed E-state index contributed by atoms with van der Waals surface area (Å²) in [5, 5.41) is 4.09. The molecule has 0 aromatic rings. The van der Waals surface area contributed by atoms with Crippen molar-refractivity contribution in [2.24, 2.45) is 28.6 Å². The molecule has 5 fully saturated rings. The van der Waals surface area contributed by atoms with Crippen LogP contribution in [0.25, 0.3) is 0 Å². The lowest BCUT2D eigenvalue weighted by atomic mass is 9.48. The normalized spacial score (nSPS) is 50.5. The third kappa shape index (κ3) is 2.25. The maximum absolute atomic E-state index is 4.09. The van der Waals surface area contributed by atoms with Gasteiger partial charge >= 0.3 is 0 Å². The summed E-state index contributed by atoms with van der Waals surface area (Å²) in [7, 11) is 0. The summed E-state index contributed by atoms with van der Waals surface area (Å²) >= 11 is 0. The van der Waals surface area contributed by atoms with Crippen LogP contribution < -0.4 is 5.32 Å². The van der Waals surface area contributed by atoms with Gasteiger partial charge in [-0.25, -0.2) is 0 Å². The fourth-order valence-electron chi connectivity index (χ4n) is 6.82. The van der Waals surface area contributed by atoms with Crippen molar-refractivity contribution in [1.29, 1.82) is 0 Å². The second-order valence-corrected chi connectivity index (χ2v) is 9.77. The summed E-state index contributed by atoms with van der Waals surface area (Å²) in [6.07, 6.45) is 13.6. The van der Waals surface area contributed by atoms with Gasteiger partial charge in [0.05, 0.1) is 0 Å². The molecule has 1 nitrogen and oxygen atoms in total. The summed E-state index contributed by atoms with van der Waals surface area (Å²) in [5.74, 6) is 3.27. The molecule has 2 atom stereocenters. The predicted molar refractivity (Wildman–Crippen MR) is 84.6 cm³/mol. The third-order valence-corrected chi connectivity index (χ3v) is 7.46. The van der Waals surface area contributed by atoms with Crippen LogP contribution in [0.2, 0.25) is 0 Å². The average molecular weight is 275 g/mol. The fourth-order valence-corrected chi connectivity index (χ4v) is 6.82. The second-order valence-electron chi connectivity index (χ2n) is 9.77. The summed E-state index contributed by atoms with van der Waals surface area (Å²) in [6.45, 7) is 7.42. The molecule has 0 aromatic carbocycles. The van der Waals surface area contributed by atoms with Gasteiger partial charge in [-0.3, -0.25) is 0 Å². The van der Waals surface area contributed by atoms with Crippen molar-refractivity contribution in [2.75, 3.05) is 0 Å². The highest BCUT2D eigenvalue weighted by Crippen LogP contribution is 2.61. The molecule has 0 saturated heterocycles. The van der Waals surface area contributed by atoms with Gasteiger partial charge in [0.1, 0.15) is 0 Å². The lowest BCUT2D eigenvalue weighted by molar-refractivity contribution is -0.0721. The van der Waals surface area contributed by atoms with E-state index in [1.165, 1.54) is 19.3 Å². The molecule has 5 rings (SSSR count). The fraction of sp³-hybridized carbons (Fsp3) is 1.00. The quantitative estimate of drug-likeness (QED) is 0.783. The first-order valence-corrected chi connectivity index (χ1v) is 9.20. The molecule has 4 bridgehead atoms. The standard InChI is InChI=1S/C19H33N/c1-13(20-17-4-5-18(2,3)12-17)19-9-14-6-15(10-19)8-16(7-14)11-19/h13-17,20H,4-12H2,1-3H3. The van der Waals surface area contributed by atoms with E-state index in [1.807, 2.05) is 0 Å². The van der Waals surface area contributed by atoms with E-state index in [9.17, 15) is 0 Å². The van der Waals surface area contributed by atoms with Gasteiger partial charge in [-0.05, 0) is 93.3 Å². The molecule has 0 spiro atoms. The number of hydrogen-bond acceptors (Lipinski definition) is 1. The van der Waals surface area contributed by atoms with Gasteiger partial charge < -0.3 is 5.32 Å². The highest BCUT2D eigenvalue weighted by molar-refractivity contribution is 5.06. The van der Waals surface area contributed by atoms with Crippen molar-refractivity contribution in [1.82, 2.24) is 5.32 Å². The Bertz CT molecular complexity index is 348. The Kier molecular flexibility index (Phi) is 3.05. The zero-order valence-electron chi connectivity index (χ0n) is 13.8. The van der Waals surface area contributed by atoms with Crippen molar-refractivity contribution < 1.29 is 0 Å². The summed E-state index contributed by atoms with van der Waals surface area (Å²) in [4.78, 5) is 0. The minimum absolute atomic E-state index is 0.582. The van der Waals surface area contributed by atoms with Crippen LogP contribution in [0, 0.1) is 28.6 Å². The molecular weight excluding hydrogens is 242 g/mol. The van der Waals surface area contributed by atoms with E-state index in [0.717, 1.165) is 29.8 Å². The molecule has 0 amide bonds. The van der Waals surface area contributed by atoms with Crippen LogP contribution in [-0.2, 0) is 0 Å². The minimum Gasteiger partial charge on any atom is -0.311 e. The lowest BCUT2D eigenvalue weighted by Crippen LogP contribution is -2.56. The topological polar surface area (TPSA) is 12.0 Å². The molecule has 20 heavy (non-hydrogen) atoms. The van der Waals surface area contributed by atoms with E-state index < -0.39 is 0 Å². The highest BCUT2D eigenvalue weighted by Gasteiger charge is 2.53. The average Bonchev–Trinajstić information content (AvgIpc) is 2.67. The highest BCUT2D eigenvalue weighted by atomic mass is 15.0. The lowest BCUT2D eigenvalue weighted by Gasteiger charge is -2.59. The van der Waals surface area contributed by atoms with Gasteiger partial charge in [0.2, 0.25) is 0 Å². The van der Waals surface area contributed by atoms with Crippen molar-refractivity contribution in [3.05, 3.63) is 0 Å². The first-order valence-electron chi connectivity index (χ1n) is 9.20. The van der Waals surface area contributed by atoms with Gasteiger partial charge in [0.15, 0.2) is 0 Å². The van der Waals surface area contributed by atoms with Crippen LogP contribution in [0.1, 0.15) is 78.6 Å². The smallest absolute Gasteiger partial charge is 0.00980 e. The van der Waals surface area contributed by atoms with E-state index in [0.29, 0.717) is 10.8 Å². The van der Waals surface area contributed by atoms with Crippen molar-refractivity contribution in [3.8, 4) is 0 Å². The monoisotopic (exact) mass is 275 g/mol. The first-order chi connectivity index (χ1) is 9.44. The van der Waals surface area contributed by atoms with Gasteiger partial charge in [-0.15, -0.1) is 0 Å². The molecule has 1 heteroatoms. The van der Waals surface area contributed by atoms with Crippen LogP contribution in [0.4, 0.5) is 0 Å². The van der Waals surface area contributed by atoms with Crippen molar-refractivity contribution >= 4 is 0 Å². The largest absolute Gasteiger partial charge is 0.311 e. The predicted octanol–water partition coefficient (Wildman–Crippen LogP) is 4.76. The van der Waals surface area contributed by atoms with Crippen LogP contribution >= 0.6 is 0 Å². The molecule has 2 unspecified atom stereocenters. The van der Waals surface area contributed by atoms with Crippen LogP contribution in [0.15, 0.2) is 0 Å². The molecule has 5 saturated carbocycles. The van der Waals surface area contributed by atoms with Gasteiger partial charge in [0, 0.05) is 12.1 Å². The number of hydrogen-bond donors (Lipinski definition) is 1. The molecule has 0 heterocycles. The molecule has 0 radical (unpaired) electrons. The molecule has 0 aliphatic heterocycles. The Labute approximate surface area is 125 Å². The summed E-state index contributed by atoms with van der Waals surface area (Å²) < 4.78 is 0. The number of nitrogens with one attached hydrogen (secondary N) is 1. The maximum Gasteiger partial charge on any atom is 0.00980 e. The van der Waals surface area contributed by atoms with E-state index in [1.54, 1.807) is 38.5 Å². The van der Waals surface area contributed by atoms with Crippen molar-refractivity contribution in [3.63, 3.8) is 0 Å². The summed E-state index contributed by atoms with van der Waals surface area (Å²) in [6, 6.07) is 1.56. The molecular formula is C19H33N. The van der Waals surface area contributed by atoms with E-state index >= 15 is 0 Å². The zero-order chi connectivity index (χ0) is 14.0. The van der Waals surface area contributed by atoms with Crippen LogP contribution in [0.5, 0.6) is 0 Å². The third-order valence-electron chi connectivity index (χ3n) is 7.46. The molecule has 1 N–H and O–H groups in total. The molecule has 0 aromatic heterocycles. The SMILES string of the molecule is CC(NC1CCC(C)(C)C1)C12CC3CC(CC(C3)C1)C2. The van der Waals surface area contributed by atoms with Crippen LogP contribution in [-0.4, -0.2) is 12.1 Å². The van der Waals surface area contributed by atoms with Gasteiger partial charge in [-0.1, -0.05) is 13.8 Å².